The van der Waals surface area contributed by atoms with Crippen molar-refractivity contribution in [2.45, 2.75) is 11.3 Å². The van der Waals surface area contributed by atoms with Crippen LogP contribution in [0.2, 0.25) is 5.02 Å². The van der Waals surface area contributed by atoms with E-state index in [0.717, 1.165) is 12.1 Å². The Morgan fingerprint density at radius 3 is 2.81 bits per heavy atom. The molecule has 0 aliphatic rings. The van der Waals surface area contributed by atoms with Crippen LogP contribution in [0, 0.1) is 10.1 Å². The molecule has 0 saturated carbocycles. The van der Waals surface area contributed by atoms with E-state index < -0.39 is 25.5 Å². The first kappa shape index (κ1) is 15.4. The minimum Gasteiger partial charge on any atom is -0.263 e. The van der Waals surface area contributed by atoms with Crippen LogP contribution in [0.15, 0.2) is 29.4 Å². The van der Waals surface area contributed by atoms with E-state index in [-0.39, 0.29) is 18.0 Å². The fraction of sp³-hybridized carbons (Fsp3) is 0.200. The van der Waals surface area contributed by atoms with Crippen LogP contribution in [0.3, 0.4) is 0 Å². The molecule has 0 saturated heterocycles. The maximum Gasteiger partial charge on any atom is 0.290 e. The fourth-order valence-electron chi connectivity index (χ4n) is 1.59. The Balaban J connectivity index is 2.17. The van der Waals surface area contributed by atoms with Crippen molar-refractivity contribution < 1.29 is 13.3 Å². The van der Waals surface area contributed by atoms with Crippen LogP contribution in [-0.2, 0) is 16.4 Å². The van der Waals surface area contributed by atoms with Crippen LogP contribution in [-0.4, -0.2) is 35.1 Å². The molecule has 1 heterocycles. The molecule has 1 aromatic heterocycles. The van der Waals surface area contributed by atoms with Crippen LogP contribution >= 0.6 is 11.6 Å². The first-order chi connectivity index (χ1) is 9.90. The summed E-state index contributed by atoms with van der Waals surface area (Å²) in [5.74, 6) is 0.503. The van der Waals surface area contributed by atoms with E-state index >= 15 is 0 Å². The summed E-state index contributed by atoms with van der Waals surface area (Å²) in [6, 6.07) is 3.36. The highest BCUT2D eigenvalue weighted by Crippen LogP contribution is 2.26. The number of H-pyrrole nitrogens is 1. The number of nitrogens with zero attached hydrogens (tertiary/aromatic N) is 3. The third-order valence-electron chi connectivity index (χ3n) is 2.53. The summed E-state index contributed by atoms with van der Waals surface area (Å²) < 4.78 is 26.4. The van der Waals surface area contributed by atoms with Gasteiger partial charge in [0.1, 0.15) is 12.2 Å². The molecule has 0 aliphatic carbocycles. The van der Waals surface area contributed by atoms with Gasteiger partial charge in [-0.25, -0.2) is 18.1 Å². The van der Waals surface area contributed by atoms with Gasteiger partial charge in [0.15, 0.2) is 4.90 Å². The van der Waals surface area contributed by atoms with Gasteiger partial charge in [-0.15, -0.1) is 0 Å². The van der Waals surface area contributed by atoms with Gasteiger partial charge in [0.05, 0.1) is 4.92 Å². The fourth-order valence-corrected chi connectivity index (χ4v) is 2.94. The van der Waals surface area contributed by atoms with Crippen LogP contribution < -0.4 is 4.72 Å². The molecule has 2 N–H and O–H groups in total. The number of rotatable bonds is 6. The van der Waals surface area contributed by atoms with Crippen molar-refractivity contribution >= 4 is 27.3 Å². The number of aromatic amines is 1. The molecule has 0 amide bonds. The average Bonchev–Trinajstić information content (AvgIpc) is 2.91. The number of hydrogen-bond donors (Lipinski definition) is 2. The molecule has 0 unspecified atom stereocenters. The van der Waals surface area contributed by atoms with Gasteiger partial charge >= 0.3 is 0 Å². The molecule has 21 heavy (non-hydrogen) atoms. The molecular weight excluding hydrogens is 322 g/mol. The van der Waals surface area contributed by atoms with E-state index in [1.54, 1.807) is 0 Å². The molecule has 0 spiro atoms. The minimum absolute atomic E-state index is 0.0251. The number of hydrogen-bond acceptors (Lipinski definition) is 6. The number of halogens is 1. The van der Waals surface area contributed by atoms with E-state index in [2.05, 4.69) is 19.9 Å². The SMILES string of the molecule is O=[N+]([O-])c1cc(Cl)ccc1S(=O)(=O)NCCc1ncn[nH]1. The summed E-state index contributed by atoms with van der Waals surface area (Å²) in [5, 5.41) is 17.2. The Morgan fingerprint density at radius 1 is 1.43 bits per heavy atom. The molecular formula is C10H10ClN5O4S. The number of nitrogens with one attached hydrogen (secondary N) is 2. The van der Waals surface area contributed by atoms with Crippen LogP contribution in [0.5, 0.6) is 0 Å². The predicted octanol–water partition coefficient (Wildman–Crippen LogP) is 0.887. The van der Waals surface area contributed by atoms with Crippen LogP contribution in [0.25, 0.3) is 0 Å². The second-order valence-electron chi connectivity index (χ2n) is 3.95. The number of sulfonamides is 1. The quantitative estimate of drug-likeness (QED) is 0.597. The Labute approximate surface area is 124 Å². The zero-order chi connectivity index (χ0) is 15.5. The Hall–Kier alpha value is -2.04. The smallest absolute Gasteiger partial charge is 0.263 e. The van der Waals surface area contributed by atoms with E-state index in [0.29, 0.717) is 5.82 Å². The summed E-state index contributed by atoms with van der Waals surface area (Å²) in [6.45, 7) is 0.0251. The normalized spacial score (nSPS) is 11.5. The minimum atomic E-state index is -4.02. The van der Waals surface area contributed by atoms with Gasteiger partial charge in [-0.2, -0.15) is 5.10 Å². The third-order valence-corrected chi connectivity index (χ3v) is 4.27. The summed E-state index contributed by atoms with van der Waals surface area (Å²) >= 11 is 5.64. The lowest BCUT2D eigenvalue weighted by Gasteiger charge is -2.06. The lowest BCUT2D eigenvalue weighted by Crippen LogP contribution is -2.27. The summed E-state index contributed by atoms with van der Waals surface area (Å²) in [4.78, 5) is 13.5. The van der Waals surface area contributed by atoms with Crippen molar-refractivity contribution in [2.75, 3.05) is 6.54 Å². The van der Waals surface area contributed by atoms with Crippen molar-refractivity contribution in [3.63, 3.8) is 0 Å². The molecule has 112 valence electrons. The van der Waals surface area contributed by atoms with E-state index in [4.69, 9.17) is 11.6 Å². The summed E-state index contributed by atoms with van der Waals surface area (Å²) in [6.07, 6.45) is 1.58. The zero-order valence-electron chi connectivity index (χ0n) is 10.5. The van der Waals surface area contributed by atoms with Crippen molar-refractivity contribution in [1.29, 1.82) is 0 Å². The van der Waals surface area contributed by atoms with Gasteiger partial charge in [0, 0.05) is 24.1 Å². The van der Waals surface area contributed by atoms with E-state index in [9.17, 15) is 18.5 Å². The molecule has 11 heteroatoms. The molecule has 0 bridgehead atoms. The monoisotopic (exact) mass is 331 g/mol. The van der Waals surface area contributed by atoms with Crippen LogP contribution in [0.1, 0.15) is 5.82 Å². The largest absolute Gasteiger partial charge is 0.290 e. The van der Waals surface area contributed by atoms with Gasteiger partial charge in [-0.05, 0) is 12.1 Å². The Bertz CT molecular complexity index is 747. The molecule has 0 radical (unpaired) electrons. The summed E-state index contributed by atoms with van der Waals surface area (Å²) in [5.41, 5.74) is -0.574. The molecule has 1 aromatic carbocycles. The lowest BCUT2D eigenvalue weighted by molar-refractivity contribution is -0.387. The first-order valence-electron chi connectivity index (χ1n) is 5.68. The van der Waals surface area contributed by atoms with Gasteiger partial charge in [0.2, 0.25) is 10.0 Å². The highest BCUT2D eigenvalue weighted by atomic mass is 35.5. The Kier molecular flexibility index (Phi) is 4.50. The molecule has 2 rings (SSSR count). The second kappa shape index (κ2) is 6.16. The van der Waals surface area contributed by atoms with E-state index in [1.807, 2.05) is 0 Å². The average molecular weight is 332 g/mol. The van der Waals surface area contributed by atoms with Gasteiger partial charge in [0.25, 0.3) is 5.69 Å². The maximum atomic E-state index is 12.1. The van der Waals surface area contributed by atoms with Crippen molar-refractivity contribution in [3.8, 4) is 0 Å². The van der Waals surface area contributed by atoms with Crippen molar-refractivity contribution in [2.24, 2.45) is 0 Å². The highest BCUT2D eigenvalue weighted by molar-refractivity contribution is 7.89. The highest BCUT2D eigenvalue weighted by Gasteiger charge is 2.25. The van der Waals surface area contributed by atoms with E-state index in [1.165, 1.54) is 12.4 Å². The lowest BCUT2D eigenvalue weighted by atomic mass is 10.3. The van der Waals surface area contributed by atoms with Crippen LogP contribution in [0.4, 0.5) is 5.69 Å². The number of benzene rings is 1. The van der Waals surface area contributed by atoms with Crippen molar-refractivity contribution in [3.05, 3.63) is 45.5 Å². The van der Waals surface area contributed by atoms with Crippen molar-refractivity contribution in [1.82, 2.24) is 19.9 Å². The molecule has 0 fully saturated rings. The molecule has 2 aromatic rings. The Morgan fingerprint density at radius 2 is 2.19 bits per heavy atom. The van der Waals surface area contributed by atoms with Gasteiger partial charge in [-0.1, -0.05) is 11.6 Å². The zero-order valence-corrected chi connectivity index (χ0v) is 12.1. The maximum absolute atomic E-state index is 12.1. The number of nitro benzene ring substituents is 1. The van der Waals surface area contributed by atoms with Gasteiger partial charge in [-0.3, -0.25) is 15.2 Å². The summed E-state index contributed by atoms with van der Waals surface area (Å²) in [7, 11) is -4.02. The number of nitro groups is 1. The third kappa shape index (κ3) is 3.74. The number of aromatic nitrogens is 3. The molecule has 9 nitrogen and oxygen atoms in total. The predicted molar refractivity (Wildman–Crippen MR) is 73.4 cm³/mol. The standard InChI is InChI=1S/C10H10ClN5O4S/c11-7-1-2-9(8(5-7)16(17)18)21(19,20)14-4-3-10-12-6-13-15-10/h1-2,5-6,14H,3-4H2,(H,12,13,15). The second-order valence-corrected chi connectivity index (χ2v) is 6.12. The molecule has 0 aliphatic heterocycles. The van der Waals surface area contributed by atoms with Gasteiger partial charge < -0.3 is 0 Å². The molecule has 0 atom stereocenters. The topological polar surface area (TPSA) is 131 Å². The first-order valence-corrected chi connectivity index (χ1v) is 7.54.